The van der Waals surface area contributed by atoms with Gasteiger partial charge in [0.05, 0.1) is 10.2 Å². The Balaban J connectivity index is 1.76. The molecule has 0 saturated carbocycles. The van der Waals surface area contributed by atoms with Crippen LogP contribution in [0.1, 0.15) is 37.1 Å². The van der Waals surface area contributed by atoms with Gasteiger partial charge in [0.15, 0.2) is 0 Å². The lowest BCUT2D eigenvalue weighted by Crippen LogP contribution is -2.22. The highest BCUT2D eigenvalue weighted by Gasteiger charge is 2.12. The van der Waals surface area contributed by atoms with Crippen molar-refractivity contribution in [2.45, 2.75) is 25.9 Å². The first kappa shape index (κ1) is 13.3. The first-order chi connectivity index (χ1) is 9.74. The Labute approximate surface area is 123 Å². The number of fused-ring (bicyclic) bond motifs is 1. The summed E-state index contributed by atoms with van der Waals surface area (Å²) in [6, 6.07) is 15.4. The molecule has 3 aromatic rings. The fourth-order valence-corrected chi connectivity index (χ4v) is 3.20. The number of nitrogens with one attached hydrogen (secondary N) is 1. The number of aromatic nitrogens is 1. The van der Waals surface area contributed by atoms with Gasteiger partial charge in [0.2, 0.25) is 0 Å². The van der Waals surface area contributed by atoms with Crippen molar-refractivity contribution in [3.8, 4) is 0 Å². The molecule has 0 spiro atoms. The van der Waals surface area contributed by atoms with Gasteiger partial charge < -0.3 is 5.32 Å². The van der Waals surface area contributed by atoms with E-state index in [0.717, 1.165) is 5.52 Å². The van der Waals surface area contributed by atoms with Crippen molar-refractivity contribution in [2.24, 2.45) is 0 Å². The Bertz CT molecular complexity index is 690. The molecular weight excluding hydrogens is 264 g/mol. The molecule has 2 atom stereocenters. The molecule has 102 valence electrons. The minimum absolute atomic E-state index is 0.282. The van der Waals surface area contributed by atoms with Crippen molar-refractivity contribution >= 4 is 21.6 Å². The van der Waals surface area contributed by atoms with Gasteiger partial charge in [-0.25, -0.2) is 0 Å². The lowest BCUT2D eigenvalue weighted by Gasteiger charge is -2.20. The summed E-state index contributed by atoms with van der Waals surface area (Å²) in [4.78, 5) is 4.51. The van der Waals surface area contributed by atoms with Crippen molar-refractivity contribution in [2.75, 3.05) is 0 Å². The van der Waals surface area contributed by atoms with Gasteiger partial charge in [0.25, 0.3) is 0 Å². The van der Waals surface area contributed by atoms with E-state index in [1.54, 1.807) is 11.3 Å². The molecule has 0 aliphatic rings. The van der Waals surface area contributed by atoms with Gasteiger partial charge in [-0.05, 0) is 42.5 Å². The second-order valence-electron chi connectivity index (χ2n) is 5.09. The maximum Gasteiger partial charge on any atom is 0.0809 e. The van der Waals surface area contributed by atoms with Gasteiger partial charge in [-0.2, -0.15) is 0 Å². The summed E-state index contributed by atoms with van der Waals surface area (Å²) in [5, 5.41) is 5.72. The number of pyridine rings is 1. The molecule has 3 heteroatoms. The van der Waals surface area contributed by atoms with Gasteiger partial charge in [-0.1, -0.05) is 30.3 Å². The zero-order valence-corrected chi connectivity index (χ0v) is 12.5. The van der Waals surface area contributed by atoms with Crippen molar-refractivity contribution < 1.29 is 0 Å². The van der Waals surface area contributed by atoms with Crippen LogP contribution in [-0.4, -0.2) is 4.98 Å². The molecule has 0 aliphatic carbocycles. The van der Waals surface area contributed by atoms with Crippen molar-refractivity contribution in [1.29, 1.82) is 0 Å². The number of rotatable bonds is 4. The molecule has 2 nitrogen and oxygen atoms in total. The van der Waals surface area contributed by atoms with Crippen LogP contribution < -0.4 is 5.32 Å². The Morgan fingerprint density at radius 2 is 1.75 bits per heavy atom. The standard InChI is InChI=1S/C17H18N2S/c1-12(14-6-4-3-5-7-14)19-13(2)15-10-17-16(18-11-15)8-9-20-17/h3-13,19H,1-2H3. The molecule has 1 N–H and O–H groups in total. The monoisotopic (exact) mass is 282 g/mol. The molecule has 2 heterocycles. The minimum Gasteiger partial charge on any atom is -0.304 e. The molecule has 2 aromatic heterocycles. The van der Waals surface area contributed by atoms with Gasteiger partial charge in [-0.3, -0.25) is 4.98 Å². The summed E-state index contributed by atoms with van der Waals surface area (Å²) in [5.74, 6) is 0. The van der Waals surface area contributed by atoms with Gasteiger partial charge in [0, 0.05) is 18.3 Å². The predicted molar refractivity (Wildman–Crippen MR) is 86.0 cm³/mol. The number of thiophene rings is 1. The van der Waals surface area contributed by atoms with Crippen LogP contribution in [0.5, 0.6) is 0 Å². The quantitative estimate of drug-likeness (QED) is 0.749. The van der Waals surface area contributed by atoms with E-state index in [9.17, 15) is 0 Å². The third-order valence-corrected chi connectivity index (χ3v) is 4.48. The van der Waals surface area contributed by atoms with E-state index in [1.165, 1.54) is 15.8 Å². The van der Waals surface area contributed by atoms with Crippen LogP contribution in [0, 0.1) is 0 Å². The molecule has 1 aromatic carbocycles. The van der Waals surface area contributed by atoms with Crippen LogP contribution >= 0.6 is 11.3 Å². The van der Waals surface area contributed by atoms with E-state index in [1.807, 2.05) is 12.3 Å². The SMILES string of the molecule is CC(NC(C)c1cnc2ccsc2c1)c1ccccc1. The van der Waals surface area contributed by atoms with Crippen LogP contribution in [0.3, 0.4) is 0 Å². The van der Waals surface area contributed by atoms with E-state index in [2.05, 4.69) is 65.9 Å². The summed E-state index contributed by atoms with van der Waals surface area (Å²) in [7, 11) is 0. The molecule has 0 radical (unpaired) electrons. The Morgan fingerprint density at radius 3 is 2.55 bits per heavy atom. The lowest BCUT2D eigenvalue weighted by molar-refractivity contribution is 0.494. The van der Waals surface area contributed by atoms with Gasteiger partial charge in [-0.15, -0.1) is 11.3 Å². The average Bonchev–Trinajstić information content (AvgIpc) is 2.95. The molecule has 0 saturated heterocycles. The number of hydrogen-bond acceptors (Lipinski definition) is 3. The van der Waals surface area contributed by atoms with Crippen molar-refractivity contribution in [3.05, 3.63) is 65.2 Å². The summed E-state index contributed by atoms with van der Waals surface area (Å²) in [6.45, 7) is 4.39. The van der Waals surface area contributed by atoms with Crippen LogP contribution in [0.25, 0.3) is 10.2 Å². The molecule has 0 amide bonds. The molecule has 2 unspecified atom stereocenters. The Kier molecular flexibility index (Phi) is 3.81. The highest BCUT2D eigenvalue weighted by Crippen LogP contribution is 2.24. The molecule has 3 rings (SSSR count). The zero-order valence-electron chi connectivity index (χ0n) is 11.7. The molecule has 0 aliphatic heterocycles. The fraction of sp³-hybridized carbons (Fsp3) is 0.235. The largest absolute Gasteiger partial charge is 0.304 e. The number of benzene rings is 1. The molecule has 20 heavy (non-hydrogen) atoms. The third kappa shape index (κ3) is 2.74. The van der Waals surface area contributed by atoms with E-state index in [4.69, 9.17) is 0 Å². The lowest BCUT2D eigenvalue weighted by atomic mass is 10.1. The van der Waals surface area contributed by atoms with Crippen molar-refractivity contribution in [3.63, 3.8) is 0 Å². The van der Waals surface area contributed by atoms with Gasteiger partial charge >= 0.3 is 0 Å². The van der Waals surface area contributed by atoms with E-state index < -0.39 is 0 Å². The normalized spacial score (nSPS) is 14.3. The van der Waals surface area contributed by atoms with Crippen LogP contribution in [0.15, 0.2) is 54.0 Å². The molecule has 0 fully saturated rings. The summed E-state index contributed by atoms with van der Waals surface area (Å²) in [5.41, 5.74) is 3.63. The number of nitrogens with zero attached hydrogens (tertiary/aromatic N) is 1. The Morgan fingerprint density at radius 1 is 1.00 bits per heavy atom. The molecular formula is C17H18N2S. The summed E-state index contributed by atoms with van der Waals surface area (Å²) >= 11 is 1.74. The molecule has 0 bridgehead atoms. The topological polar surface area (TPSA) is 24.9 Å². The fourth-order valence-electron chi connectivity index (χ4n) is 2.41. The predicted octanol–water partition coefficient (Wildman–Crippen LogP) is 4.71. The second-order valence-corrected chi connectivity index (χ2v) is 6.04. The Hall–Kier alpha value is -1.71. The second kappa shape index (κ2) is 5.73. The van der Waals surface area contributed by atoms with Crippen LogP contribution in [0.4, 0.5) is 0 Å². The van der Waals surface area contributed by atoms with Crippen LogP contribution in [-0.2, 0) is 0 Å². The maximum atomic E-state index is 4.51. The minimum atomic E-state index is 0.282. The van der Waals surface area contributed by atoms with Crippen LogP contribution in [0.2, 0.25) is 0 Å². The highest BCUT2D eigenvalue weighted by molar-refractivity contribution is 7.17. The summed E-state index contributed by atoms with van der Waals surface area (Å²) in [6.07, 6.45) is 1.98. The smallest absolute Gasteiger partial charge is 0.0809 e. The van der Waals surface area contributed by atoms with E-state index in [0.29, 0.717) is 6.04 Å². The zero-order chi connectivity index (χ0) is 13.9. The highest BCUT2D eigenvalue weighted by atomic mass is 32.1. The first-order valence-electron chi connectivity index (χ1n) is 6.88. The third-order valence-electron chi connectivity index (χ3n) is 3.62. The van der Waals surface area contributed by atoms with E-state index >= 15 is 0 Å². The average molecular weight is 282 g/mol. The first-order valence-corrected chi connectivity index (χ1v) is 7.76. The van der Waals surface area contributed by atoms with Crippen molar-refractivity contribution in [1.82, 2.24) is 10.3 Å². The maximum absolute atomic E-state index is 4.51. The summed E-state index contributed by atoms with van der Waals surface area (Å²) < 4.78 is 1.25. The number of hydrogen-bond donors (Lipinski definition) is 1. The van der Waals surface area contributed by atoms with Gasteiger partial charge in [0.1, 0.15) is 0 Å². The van der Waals surface area contributed by atoms with E-state index in [-0.39, 0.29) is 6.04 Å².